The van der Waals surface area contributed by atoms with Gasteiger partial charge in [0.25, 0.3) is 0 Å². The first kappa shape index (κ1) is 16.3. The van der Waals surface area contributed by atoms with Crippen LogP contribution in [-0.4, -0.2) is 21.0 Å². The molecule has 25 heavy (non-hydrogen) atoms. The lowest BCUT2D eigenvalue weighted by molar-refractivity contribution is 0.627. The standard InChI is InChI=1S/C19H20FN3OS/c1-11-19(21)23-18(10-25(11)24)14-5-4-12-2-3-13-6-7-15(20)9-17(13)22-16(12)8-14/h4-9,11,18,22H,2-3,10H2,1H3,(H2,21,23). The first-order chi connectivity index (χ1) is 12.0. The highest BCUT2D eigenvalue weighted by molar-refractivity contribution is 7.86. The van der Waals surface area contributed by atoms with Crippen LogP contribution in [0.25, 0.3) is 0 Å². The van der Waals surface area contributed by atoms with Gasteiger partial charge in [0.05, 0.1) is 17.0 Å². The molecule has 0 bridgehead atoms. The van der Waals surface area contributed by atoms with Gasteiger partial charge in [-0.15, -0.1) is 0 Å². The van der Waals surface area contributed by atoms with Crippen molar-refractivity contribution in [2.75, 3.05) is 11.1 Å². The Kier molecular flexibility index (Phi) is 4.07. The fourth-order valence-electron chi connectivity index (χ4n) is 3.36. The van der Waals surface area contributed by atoms with Crippen molar-refractivity contribution in [1.82, 2.24) is 0 Å². The molecule has 0 saturated heterocycles. The van der Waals surface area contributed by atoms with Gasteiger partial charge < -0.3 is 11.1 Å². The highest BCUT2D eigenvalue weighted by atomic mass is 32.2. The maximum absolute atomic E-state index is 13.6. The summed E-state index contributed by atoms with van der Waals surface area (Å²) in [5, 5.41) is 3.17. The predicted octanol–water partition coefficient (Wildman–Crippen LogP) is 3.22. The van der Waals surface area contributed by atoms with Crippen LogP contribution in [0.5, 0.6) is 0 Å². The number of nitrogens with zero attached hydrogens (tertiary/aromatic N) is 1. The zero-order valence-electron chi connectivity index (χ0n) is 14.0. The summed E-state index contributed by atoms with van der Waals surface area (Å²) < 4.78 is 25.8. The van der Waals surface area contributed by atoms with E-state index in [4.69, 9.17) is 5.73 Å². The molecule has 0 amide bonds. The van der Waals surface area contributed by atoms with Gasteiger partial charge in [0.1, 0.15) is 11.7 Å². The minimum Gasteiger partial charge on any atom is -0.386 e. The highest BCUT2D eigenvalue weighted by Gasteiger charge is 2.27. The average Bonchev–Trinajstić information content (AvgIpc) is 2.77. The molecule has 0 radical (unpaired) electrons. The molecule has 2 aromatic rings. The van der Waals surface area contributed by atoms with Crippen molar-refractivity contribution in [2.24, 2.45) is 10.7 Å². The summed E-state index contributed by atoms with van der Waals surface area (Å²) in [6, 6.07) is 10.8. The summed E-state index contributed by atoms with van der Waals surface area (Å²) in [7, 11) is -1.02. The van der Waals surface area contributed by atoms with Crippen LogP contribution in [0.3, 0.4) is 0 Å². The summed E-state index contributed by atoms with van der Waals surface area (Å²) in [4.78, 5) is 4.53. The summed E-state index contributed by atoms with van der Waals surface area (Å²) in [6.45, 7) is 1.84. The van der Waals surface area contributed by atoms with E-state index in [-0.39, 0.29) is 17.1 Å². The van der Waals surface area contributed by atoms with Crippen LogP contribution in [0.4, 0.5) is 15.8 Å². The Balaban J connectivity index is 1.70. The van der Waals surface area contributed by atoms with Gasteiger partial charge in [0, 0.05) is 22.2 Å². The maximum atomic E-state index is 13.6. The van der Waals surface area contributed by atoms with Gasteiger partial charge in [-0.25, -0.2) is 4.39 Å². The third kappa shape index (κ3) is 3.06. The largest absolute Gasteiger partial charge is 0.386 e. The van der Waals surface area contributed by atoms with Crippen LogP contribution in [-0.2, 0) is 23.6 Å². The molecule has 0 fully saturated rings. The highest BCUT2D eigenvalue weighted by Crippen LogP contribution is 2.34. The second-order valence-corrected chi connectivity index (χ2v) is 8.40. The van der Waals surface area contributed by atoms with E-state index >= 15 is 0 Å². The molecule has 3 unspecified atom stereocenters. The second-order valence-electron chi connectivity index (χ2n) is 6.60. The summed E-state index contributed by atoms with van der Waals surface area (Å²) in [5.41, 5.74) is 11.0. The third-order valence-electron chi connectivity index (χ3n) is 4.96. The minimum atomic E-state index is -1.02. The third-order valence-corrected chi connectivity index (χ3v) is 6.64. The molecule has 4 nitrogen and oxygen atoms in total. The van der Waals surface area contributed by atoms with Crippen LogP contribution in [0.1, 0.15) is 29.7 Å². The molecular formula is C19H20FN3OS. The van der Waals surface area contributed by atoms with E-state index < -0.39 is 10.8 Å². The van der Waals surface area contributed by atoms with E-state index in [2.05, 4.69) is 16.4 Å². The number of hydrogen-bond acceptors (Lipinski definition) is 4. The molecule has 3 N–H and O–H groups in total. The minimum absolute atomic E-state index is 0.190. The number of halogens is 1. The number of hydrogen-bond donors (Lipinski definition) is 2. The molecule has 2 aliphatic heterocycles. The van der Waals surface area contributed by atoms with Crippen LogP contribution < -0.4 is 11.1 Å². The number of aliphatic imine (C=N–C) groups is 1. The monoisotopic (exact) mass is 357 g/mol. The summed E-state index contributed by atoms with van der Waals surface area (Å²) in [6.07, 6.45) is 1.76. The number of rotatable bonds is 1. The fourth-order valence-corrected chi connectivity index (χ4v) is 4.56. The Bertz CT molecular complexity index is 896. The van der Waals surface area contributed by atoms with E-state index in [0.29, 0.717) is 11.6 Å². The fraction of sp³-hybridized carbons (Fsp3) is 0.316. The lowest BCUT2D eigenvalue weighted by Gasteiger charge is -2.24. The quantitative estimate of drug-likeness (QED) is 0.823. The van der Waals surface area contributed by atoms with Crippen LogP contribution >= 0.6 is 0 Å². The molecule has 130 valence electrons. The van der Waals surface area contributed by atoms with Crippen molar-refractivity contribution in [3.8, 4) is 0 Å². The van der Waals surface area contributed by atoms with E-state index in [0.717, 1.165) is 35.3 Å². The van der Waals surface area contributed by atoms with Gasteiger partial charge in [0.15, 0.2) is 0 Å². The van der Waals surface area contributed by atoms with Gasteiger partial charge in [-0.05, 0) is 54.7 Å². The lowest BCUT2D eigenvalue weighted by Crippen LogP contribution is -2.37. The van der Waals surface area contributed by atoms with E-state index in [1.54, 1.807) is 0 Å². The number of nitrogens with two attached hydrogens (primary N) is 1. The Morgan fingerprint density at radius 3 is 2.56 bits per heavy atom. The number of benzene rings is 2. The Hall–Kier alpha value is -2.21. The molecule has 0 spiro atoms. The summed E-state index contributed by atoms with van der Waals surface area (Å²) in [5.74, 6) is 0.677. The van der Waals surface area contributed by atoms with Crippen LogP contribution in [0.2, 0.25) is 0 Å². The second kappa shape index (κ2) is 6.26. The SMILES string of the molecule is CC1C(N)=NC(c2ccc3c(c2)Nc2cc(F)ccc2CC3)CS1=O. The number of amidine groups is 1. The molecule has 4 rings (SSSR count). The lowest BCUT2D eigenvalue weighted by atomic mass is 10.0. The molecule has 6 heteroatoms. The first-order valence-corrected chi connectivity index (χ1v) is 9.78. The topological polar surface area (TPSA) is 67.5 Å². The number of fused-ring (bicyclic) bond motifs is 2. The van der Waals surface area contributed by atoms with Gasteiger partial charge in [-0.2, -0.15) is 0 Å². The normalized spacial score (nSPS) is 25.2. The van der Waals surface area contributed by atoms with Crippen LogP contribution in [0, 0.1) is 5.82 Å². The van der Waals surface area contributed by atoms with Crippen molar-refractivity contribution in [1.29, 1.82) is 0 Å². The molecule has 2 aromatic carbocycles. The Morgan fingerprint density at radius 2 is 1.84 bits per heavy atom. The molecule has 0 aromatic heterocycles. The van der Waals surface area contributed by atoms with Crippen molar-refractivity contribution < 1.29 is 8.60 Å². The average molecular weight is 357 g/mol. The van der Waals surface area contributed by atoms with Gasteiger partial charge in [0.2, 0.25) is 0 Å². The van der Waals surface area contributed by atoms with Crippen molar-refractivity contribution in [2.45, 2.75) is 31.1 Å². The Morgan fingerprint density at radius 1 is 1.16 bits per heavy atom. The Labute approximate surface area is 148 Å². The molecular weight excluding hydrogens is 337 g/mol. The molecule has 2 heterocycles. The van der Waals surface area contributed by atoms with Gasteiger partial charge in [-0.1, -0.05) is 18.2 Å². The number of nitrogens with one attached hydrogen (secondary N) is 1. The van der Waals surface area contributed by atoms with Crippen molar-refractivity contribution in [3.05, 3.63) is 58.9 Å². The van der Waals surface area contributed by atoms with Crippen molar-refractivity contribution in [3.63, 3.8) is 0 Å². The summed E-state index contributed by atoms with van der Waals surface area (Å²) >= 11 is 0. The predicted molar refractivity (Wildman–Crippen MR) is 100 cm³/mol. The smallest absolute Gasteiger partial charge is 0.125 e. The molecule has 2 aliphatic rings. The van der Waals surface area contributed by atoms with E-state index in [9.17, 15) is 8.60 Å². The zero-order valence-corrected chi connectivity index (χ0v) is 14.8. The van der Waals surface area contributed by atoms with E-state index in [1.807, 2.05) is 25.1 Å². The van der Waals surface area contributed by atoms with E-state index in [1.165, 1.54) is 17.7 Å². The van der Waals surface area contributed by atoms with Gasteiger partial charge in [-0.3, -0.25) is 9.20 Å². The molecule has 0 saturated carbocycles. The van der Waals surface area contributed by atoms with Crippen LogP contribution in [0.15, 0.2) is 41.4 Å². The first-order valence-electron chi connectivity index (χ1n) is 8.40. The van der Waals surface area contributed by atoms with Crippen molar-refractivity contribution >= 4 is 28.0 Å². The maximum Gasteiger partial charge on any atom is 0.125 e. The number of aryl methyl sites for hydroxylation is 2. The number of anilines is 2. The zero-order chi connectivity index (χ0) is 17.6. The molecule has 0 aliphatic carbocycles. The molecule has 3 atom stereocenters. The van der Waals surface area contributed by atoms with Gasteiger partial charge >= 0.3 is 0 Å².